The summed E-state index contributed by atoms with van der Waals surface area (Å²) >= 11 is 0. The van der Waals surface area contributed by atoms with Crippen LogP contribution in [-0.4, -0.2) is 123 Å². The number of hydrogen-bond donors (Lipinski definition) is 0. The highest BCUT2D eigenvalue weighted by Crippen LogP contribution is 2.72. The molecule has 14 heteroatoms. The fourth-order valence-corrected chi connectivity index (χ4v) is 23.4. The third kappa shape index (κ3) is 6.95. The monoisotopic (exact) mass is 1200 g/mol. The minimum absolute atomic E-state index is 0.000710. The molecule has 6 aromatic rings. The van der Waals surface area contributed by atoms with Crippen LogP contribution in [0, 0.1) is 11.8 Å². The summed E-state index contributed by atoms with van der Waals surface area (Å²) in [5, 5.41) is 10.4. The zero-order valence-corrected chi connectivity index (χ0v) is 52.3. The van der Waals surface area contributed by atoms with Crippen LogP contribution in [0.5, 0.6) is 0 Å². The summed E-state index contributed by atoms with van der Waals surface area (Å²) in [5.74, 6) is 1.13. The van der Waals surface area contributed by atoms with Crippen molar-refractivity contribution >= 4 is 30.1 Å². The normalized spacial score (nSPS) is 33.4. The molecule has 0 radical (unpaired) electrons. The van der Waals surface area contributed by atoms with Gasteiger partial charge in [0.1, 0.15) is 5.54 Å². The van der Waals surface area contributed by atoms with Crippen LogP contribution in [-0.2, 0) is 90.1 Å². The van der Waals surface area contributed by atoms with Crippen LogP contribution in [0.3, 0.4) is 0 Å². The highest BCUT2D eigenvalue weighted by Gasteiger charge is 2.73. The number of rotatable bonds is 5. The van der Waals surface area contributed by atoms with Crippen molar-refractivity contribution in [2.75, 3.05) is 54.6 Å². The van der Waals surface area contributed by atoms with Crippen molar-refractivity contribution in [3.63, 3.8) is 0 Å². The van der Waals surface area contributed by atoms with Gasteiger partial charge in [0.25, 0.3) is 0 Å². The van der Waals surface area contributed by atoms with Crippen molar-refractivity contribution in [2.24, 2.45) is 22.1 Å². The maximum absolute atomic E-state index is 13.5. The molecule has 18 rings (SSSR count). The SMILES string of the molecule is COC(=O)N1CC[C@]2(N=Nc3cccc4c3C[C@@H]3N(C(=O)OC)CC[C@]43[C@@]34CCC[C@@H]3Cc3ccccc34)c3ccccc3C[C@H]12.COC(=O)N1CC[C@]2(c3cccc4c3C[C@@H]3N(C(=O)OC)CC[C@]43[C@@]34CCC[C@@H]3Cc3ccccc34)c3ccccc3C[C@H]12. The number of fused-ring (bicyclic) bond motifs is 20. The van der Waals surface area contributed by atoms with Crippen LogP contribution in [0.1, 0.15) is 137 Å². The van der Waals surface area contributed by atoms with Gasteiger partial charge in [0.15, 0.2) is 0 Å². The van der Waals surface area contributed by atoms with Gasteiger partial charge in [-0.1, -0.05) is 140 Å². The van der Waals surface area contributed by atoms with E-state index in [-0.39, 0.29) is 75.6 Å². The fourth-order valence-electron chi connectivity index (χ4n) is 23.4. The van der Waals surface area contributed by atoms with Crippen LogP contribution < -0.4 is 0 Å². The molecule has 8 aliphatic carbocycles. The van der Waals surface area contributed by atoms with E-state index < -0.39 is 5.54 Å². The van der Waals surface area contributed by atoms with Gasteiger partial charge < -0.3 is 38.5 Å². The third-order valence-electron chi connectivity index (χ3n) is 26.2. The lowest BCUT2D eigenvalue weighted by molar-refractivity contribution is 0.0918. The van der Waals surface area contributed by atoms with E-state index in [1.54, 1.807) is 0 Å². The Kier molecular flexibility index (Phi) is 12.6. The number of ether oxygens (including phenoxy) is 4. The molecule has 0 unspecified atom stereocenters. The van der Waals surface area contributed by atoms with E-state index in [2.05, 4.69) is 138 Å². The van der Waals surface area contributed by atoms with Crippen LogP contribution in [0.2, 0.25) is 0 Å². The van der Waals surface area contributed by atoms with Crippen molar-refractivity contribution in [3.05, 3.63) is 206 Å². The quantitative estimate of drug-likeness (QED) is 0.123. The first-order valence-electron chi connectivity index (χ1n) is 33.4. The van der Waals surface area contributed by atoms with Crippen molar-refractivity contribution in [1.29, 1.82) is 0 Å². The first-order chi connectivity index (χ1) is 44.0. The van der Waals surface area contributed by atoms with Gasteiger partial charge in [0, 0.05) is 65.3 Å². The highest BCUT2D eigenvalue weighted by atomic mass is 16.6. The van der Waals surface area contributed by atoms with E-state index in [0.29, 0.717) is 37.9 Å². The predicted octanol–water partition coefficient (Wildman–Crippen LogP) is 13.3. The Morgan fingerprint density at radius 1 is 0.378 bits per heavy atom. The second-order valence-corrected chi connectivity index (χ2v) is 28.4. The number of azo groups is 1. The first kappa shape index (κ1) is 56.0. The van der Waals surface area contributed by atoms with Crippen LogP contribution >= 0.6 is 0 Å². The van der Waals surface area contributed by atoms with E-state index in [9.17, 15) is 19.2 Å². The second kappa shape index (κ2) is 20.2. The number of likely N-dealkylation sites (tertiary alicyclic amines) is 4. The summed E-state index contributed by atoms with van der Waals surface area (Å²) in [6.07, 6.45) is 15.0. The topological polar surface area (TPSA) is 143 Å². The van der Waals surface area contributed by atoms with Gasteiger partial charge in [-0.15, -0.1) is 0 Å². The Labute approximate surface area is 527 Å². The maximum Gasteiger partial charge on any atom is 0.409 e. The average molecular weight is 1210 g/mol. The molecule has 4 saturated heterocycles. The largest absolute Gasteiger partial charge is 0.453 e. The maximum atomic E-state index is 13.5. The van der Waals surface area contributed by atoms with E-state index in [1.165, 1.54) is 121 Å². The van der Waals surface area contributed by atoms with E-state index in [1.807, 2.05) is 14.7 Å². The van der Waals surface area contributed by atoms with Crippen LogP contribution in [0.25, 0.3) is 0 Å². The molecular formula is C76H80N6O8. The summed E-state index contributed by atoms with van der Waals surface area (Å²) in [7, 11) is 5.96. The lowest BCUT2D eigenvalue weighted by Gasteiger charge is -2.50. The fraction of sp³-hybridized carbons (Fsp3) is 0.474. The zero-order chi connectivity index (χ0) is 61.1. The number of nitrogens with zero attached hydrogens (tertiary/aromatic N) is 6. The molecule has 90 heavy (non-hydrogen) atoms. The molecule has 4 amide bonds. The van der Waals surface area contributed by atoms with Gasteiger partial charge >= 0.3 is 24.4 Å². The van der Waals surface area contributed by atoms with Crippen molar-refractivity contribution < 1.29 is 38.1 Å². The standard InChI is InChI=1S/C38H40N4O4.C38H40N2O4/c1-45-34(43)41-19-17-37(36-16-8-11-26(36)21-24-9-3-5-12-28(24)36)30-14-7-15-31(27(30)23-32(37)41)39-40-38-18-20-42(35(44)46-2)33(38)22-25-10-4-6-13-29(25)38;1-43-34(41)39-19-17-36(28-12-5-3-10-25(28)22-32(36)39)30-14-7-15-31-27(30)23-33-38(31,18-20-40(33)35(42)44-2)37-16-8-11-26(37)21-24-9-4-6-13-29(24)37/h3-7,9-10,12-15,26,32-33H,8,11,16-23H2,1-2H3;3-7,9-10,12-15,26,32-33H,8,11,16-23H2,1-2H3/t26-,32+,33+,36+,37+,38+;26-,32+,33+,36-,37+,38+/m11/s1. The Hall–Kier alpha value is -8.00. The summed E-state index contributed by atoms with van der Waals surface area (Å²) in [6, 6.07) is 49.0. The highest BCUT2D eigenvalue weighted by molar-refractivity contribution is 5.75. The van der Waals surface area contributed by atoms with E-state index >= 15 is 0 Å². The number of carbonyl (C=O) groups is 4. The minimum Gasteiger partial charge on any atom is -0.453 e. The summed E-state index contributed by atoms with van der Waals surface area (Å²) in [5.41, 5.74) is 17.3. The molecule has 0 aromatic heterocycles. The minimum atomic E-state index is -0.614. The smallest absolute Gasteiger partial charge is 0.409 e. The predicted molar refractivity (Wildman–Crippen MR) is 339 cm³/mol. The summed E-state index contributed by atoms with van der Waals surface area (Å²) in [6.45, 7) is 2.69. The zero-order valence-electron chi connectivity index (χ0n) is 52.3. The molecular weight excluding hydrogens is 1120 g/mol. The van der Waals surface area contributed by atoms with Gasteiger partial charge in [-0.05, 0) is 180 Å². The molecule has 0 bridgehead atoms. The molecule has 462 valence electrons. The molecule has 4 heterocycles. The number of benzene rings is 6. The molecule has 2 saturated carbocycles. The van der Waals surface area contributed by atoms with Crippen molar-refractivity contribution in [3.8, 4) is 0 Å². The van der Waals surface area contributed by atoms with E-state index in [0.717, 1.165) is 88.4 Å². The Morgan fingerprint density at radius 2 is 0.789 bits per heavy atom. The van der Waals surface area contributed by atoms with Gasteiger partial charge in [-0.2, -0.15) is 10.2 Å². The first-order valence-corrected chi connectivity index (χ1v) is 33.4. The van der Waals surface area contributed by atoms with Gasteiger partial charge in [0.05, 0.1) is 46.2 Å². The Morgan fingerprint density at radius 3 is 1.36 bits per heavy atom. The van der Waals surface area contributed by atoms with Gasteiger partial charge in [-0.25, -0.2) is 19.2 Å². The lowest BCUT2D eigenvalue weighted by atomic mass is 9.53. The summed E-state index contributed by atoms with van der Waals surface area (Å²) in [4.78, 5) is 60.7. The molecule has 0 spiro atoms. The number of methoxy groups -OCH3 is 4. The lowest BCUT2D eigenvalue weighted by Crippen LogP contribution is -2.55. The molecule has 0 N–H and O–H groups in total. The number of amides is 4. The molecule has 6 fully saturated rings. The van der Waals surface area contributed by atoms with E-state index in [4.69, 9.17) is 29.2 Å². The molecule has 12 aliphatic rings. The van der Waals surface area contributed by atoms with Crippen molar-refractivity contribution in [1.82, 2.24) is 19.6 Å². The van der Waals surface area contributed by atoms with Gasteiger partial charge in [-0.3, -0.25) is 0 Å². The Balaban J connectivity index is 0.000000139. The molecule has 14 nitrogen and oxygen atoms in total. The van der Waals surface area contributed by atoms with Crippen molar-refractivity contribution in [2.45, 2.75) is 160 Å². The Bertz CT molecular complexity index is 4040. The molecule has 4 aliphatic heterocycles. The average Bonchev–Trinajstić information content (AvgIpc) is 1.53. The van der Waals surface area contributed by atoms with Crippen LogP contribution in [0.4, 0.5) is 24.9 Å². The molecule has 12 atom stereocenters. The van der Waals surface area contributed by atoms with Crippen LogP contribution in [0.15, 0.2) is 144 Å². The number of carbonyl (C=O) groups excluding carboxylic acids is 4. The third-order valence-corrected chi connectivity index (χ3v) is 26.2. The second-order valence-electron chi connectivity index (χ2n) is 28.4. The molecule has 6 aromatic carbocycles. The van der Waals surface area contributed by atoms with Gasteiger partial charge in [0.2, 0.25) is 0 Å². The summed E-state index contributed by atoms with van der Waals surface area (Å²) < 4.78 is 21.3. The number of hydrogen-bond acceptors (Lipinski definition) is 10.